The minimum absolute atomic E-state index is 0.147. The fourth-order valence-electron chi connectivity index (χ4n) is 3.14. The maximum absolute atomic E-state index is 13.2. The van der Waals surface area contributed by atoms with Crippen LogP contribution < -0.4 is 10.5 Å². The van der Waals surface area contributed by atoms with Gasteiger partial charge < -0.3 is 14.4 Å². The van der Waals surface area contributed by atoms with Gasteiger partial charge in [0.1, 0.15) is 0 Å². The van der Waals surface area contributed by atoms with Gasteiger partial charge in [0.2, 0.25) is 0 Å². The summed E-state index contributed by atoms with van der Waals surface area (Å²) in [5, 5.41) is 0. The van der Waals surface area contributed by atoms with E-state index in [0.29, 0.717) is 50.7 Å². The van der Waals surface area contributed by atoms with Crippen LogP contribution in [0, 0.1) is 0 Å². The zero-order valence-electron chi connectivity index (χ0n) is 17.0. The average Bonchev–Trinajstić information content (AvgIpc) is 2.73. The van der Waals surface area contributed by atoms with E-state index in [-0.39, 0.29) is 28.7 Å². The van der Waals surface area contributed by atoms with E-state index in [1.54, 1.807) is 25.3 Å². The molecular formula is C20H25N3O6S. The van der Waals surface area contributed by atoms with Gasteiger partial charge in [-0.1, -0.05) is 0 Å². The number of aromatic nitrogens is 2. The van der Waals surface area contributed by atoms with Crippen molar-refractivity contribution in [2.45, 2.75) is 24.7 Å². The SMILES string of the molecule is CCOC(=O)CCc1cn(-c2ccc(S(C)(=O)=O)cc2)c(=O)c(N2CCOCC2)n1. The van der Waals surface area contributed by atoms with E-state index < -0.39 is 9.84 Å². The summed E-state index contributed by atoms with van der Waals surface area (Å²) in [7, 11) is -3.34. The normalized spacial score (nSPS) is 14.5. The van der Waals surface area contributed by atoms with E-state index in [9.17, 15) is 18.0 Å². The number of carbonyl (C=O) groups excluding carboxylic acids is 1. The maximum Gasteiger partial charge on any atom is 0.306 e. The third-order valence-electron chi connectivity index (χ3n) is 4.68. The number of morpholine rings is 1. The number of sulfone groups is 1. The molecule has 1 aliphatic heterocycles. The minimum atomic E-state index is -3.34. The molecule has 0 N–H and O–H groups in total. The van der Waals surface area contributed by atoms with Crippen LogP contribution in [0.4, 0.5) is 5.82 Å². The second-order valence-electron chi connectivity index (χ2n) is 6.90. The average molecular weight is 436 g/mol. The van der Waals surface area contributed by atoms with Crippen LogP contribution >= 0.6 is 0 Å². The van der Waals surface area contributed by atoms with Gasteiger partial charge >= 0.3 is 5.97 Å². The Hall–Kier alpha value is -2.72. The Morgan fingerprint density at radius 2 is 1.87 bits per heavy atom. The standard InChI is InChI=1S/C20H25N3O6S/c1-3-29-18(24)9-4-15-14-23(16-5-7-17(8-6-16)30(2,26)27)20(25)19(21-15)22-10-12-28-13-11-22/h5-8,14H,3-4,9-13H2,1-2H3. The van der Waals surface area contributed by atoms with Gasteiger partial charge in [0.15, 0.2) is 15.7 Å². The Labute approximate surface area is 175 Å². The third-order valence-corrected chi connectivity index (χ3v) is 5.81. The number of benzene rings is 1. The molecule has 9 nitrogen and oxygen atoms in total. The fourth-order valence-corrected chi connectivity index (χ4v) is 3.77. The van der Waals surface area contributed by atoms with Crippen LogP contribution in [0.5, 0.6) is 0 Å². The predicted molar refractivity (Wildman–Crippen MR) is 111 cm³/mol. The molecule has 0 spiro atoms. The molecule has 3 rings (SSSR count). The van der Waals surface area contributed by atoms with Crippen molar-refractivity contribution in [2.24, 2.45) is 0 Å². The first-order chi connectivity index (χ1) is 14.3. The Morgan fingerprint density at radius 1 is 1.20 bits per heavy atom. The number of hydrogen-bond acceptors (Lipinski definition) is 8. The number of rotatable bonds is 7. The summed E-state index contributed by atoms with van der Waals surface area (Å²) < 4.78 is 35.2. The van der Waals surface area contributed by atoms with Crippen LogP contribution in [0.3, 0.4) is 0 Å². The van der Waals surface area contributed by atoms with Crippen molar-refractivity contribution in [3.63, 3.8) is 0 Å². The molecule has 30 heavy (non-hydrogen) atoms. The Bertz CT molecular complexity index is 1060. The smallest absolute Gasteiger partial charge is 0.306 e. The molecule has 2 aromatic rings. The maximum atomic E-state index is 13.2. The van der Waals surface area contributed by atoms with Crippen LogP contribution in [-0.4, -0.2) is 63.1 Å². The number of ether oxygens (including phenoxy) is 2. The van der Waals surface area contributed by atoms with Gasteiger partial charge in [-0.15, -0.1) is 0 Å². The van der Waals surface area contributed by atoms with Crippen LogP contribution in [0.1, 0.15) is 19.0 Å². The van der Waals surface area contributed by atoms with Crippen molar-refractivity contribution in [1.82, 2.24) is 9.55 Å². The molecule has 1 fully saturated rings. The molecule has 0 unspecified atom stereocenters. The van der Waals surface area contributed by atoms with Gasteiger partial charge in [-0.3, -0.25) is 14.2 Å². The van der Waals surface area contributed by atoms with Gasteiger partial charge in [0.05, 0.1) is 36.8 Å². The largest absolute Gasteiger partial charge is 0.466 e. The topological polar surface area (TPSA) is 108 Å². The second kappa shape index (κ2) is 9.40. The number of esters is 1. The Balaban J connectivity index is 2.00. The molecule has 1 saturated heterocycles. The number of carbonyl (C=O) groups is 1. The highest BCUT2D eigenvalue weighted by molar-refractivity contribution is 7.90. The number of hydrogen-bond donors (Lipinski definition) is 0. The van der Waals surface area contributed by atoms with Crippen molar-refractivity contribution in [3.05, 3.63) is 46.5 Å². The second-order valence-corrected chi connectivity index (χ2v) is 8.92. The summed E-state index contributed by atoms with van der Waals surface area (Å²) in [6, 6.07) is 6.08. The summed E-state index contributed by atoms with van der Waals surface area (Å²) in [4.78, 5) is 31.4. The lowest BCUT2D eigenvalue weighted by atomic mass is 10.2. The van der Waals surface area contributed by atoms with Crippen LogP contribution in [0.15, 0.2) is 40.2 Å². The van der Waals surface area contributed by atoms with E-state index >= 15 is 0 Å². The van der Waals surface area contributed by atoms with Crippen molar-refractivity contribution >= 4 is 21.6 Å². The molecular weight excluding hydrogens is 410 g/mol. The van der Waals surface area contributed by atoms with E-state index in [2.05, 4.69) is 4.98 Å². The predicted octanol–water partition coefficient (Wildman–Crippen LogP) is 0.968. The van der Waals surface area contributed by atoms with Crippen molar-refractivity contribution < 1.29 is 22.7 Å². The summed E-state index contributed by atoms with van der Waals surface area (Å²) in [6.07, 6.45) is 3.18. The summed E-state index contributed by atoms with van der Waals surface area (Å²) in [5.74, 6) is -0.0469. The first kappa shape index (κ1) is 22.0. The summed E-state index contributed by atoms with van der Waals surface area (Å²) in [5.41, 5.74) is 0.766. The summed E-state index contributed by atoms with van der Waals surface area (Å²) in [6.45, 7) is 4.12. The molecule has 0 atom stereocenters. The number of aryl methyl sites for hydroxylation is 1. The Morgan fingerprint density at radius 3 is 2.47 bits per heavy atom. The van der Waals surface area contributed by atoms with E-state index in [4.69, 9.17) is 9.47 Å². The minimum Gasteiger partial charge on any atom is -0.466 e. The van der Waals surface area contributed by atoms with Gasteiger partial charge in [-0.25, -0.2) is 13.4 Å². The van der Waals surface area contributed by atoms with Crippen LogP contribution in [-0.2, 0) is 30.5 Å². The van der Waals surface area contributed by atoms with E-state index in [1.807, 2.05) is 4.90 Å². The zero-order valence-corrected chi connectivity index (χ0v) is 17.9. The molecule has 162 valence electrons. The van der Waals surface area contributed by atoms with Crippen molar-refractivity contribution in [2.75, 3.05) is 44.1 Å². The van der Waals surface area contributed by atoms with Crippen LogP contribution in [0.25, 0.3) is 5.69 Å². The molecule has 1 aliphatic rings. The molecule has 0 bridgehead atoms. The highest BCUT2D eigenvalue weighted by Crippen LogP contribution is 2.16. The molecule has 0 amide bonds. The van der Waals surface area contributed by atoms with Gasteiger partial charge in [0.25, 0.3) is 5.56 Å². The van der Waals surface area contributed by atoms with E-state index in [1.165, 1.54) is 16.7 Å². The Kier molecular flexibility index (Phi) is 6.88. The van der Waals surface area contributed by atoms with Gasteiger partial charge in [-0.2, -0.15) is 0 Å². The number of anilines is 1. The van der Waals surface area contributed by atoms with Crippen molar-refractivity contribution in [3.8, 4) is 5.69 Å². The highest BCUT2D eigenvalue weighted by Gasteiger charge is 2.20. The molecule has 10 heteroatoms. The quantitative estimate of drug-likeness (QED) is 0.592. The first-order valence-corrected chi connectivity index (χ1v) is 11.6. The monoisotopic (exact) mass is 435 g/mol. The van der Waals surface area contributed by atoms with Gasteiger partial charge in [0, 0.05) is 37.7 Å². The van der Waals surface area contributed by atoms with Gasteiger partial charge in [-0.05, 0) is 31.2 Å². The lowest BCUT2D eigenvalue weighted by Gasteiger charge is -2.28. The highest BCUT2D eigenvalue weighted by atomic mass is 32.2. The third kappa shape index (κ3) is 5.25. The molecule has 0 radical (unpaired) electrons. The van der Waals surface area contributed by atoms with Crippen molar-refractivity contribution in [1.29, 1.82) is 0 Å². The lowest BCUT2D eigenvalue weighted by molar-refractivity contribution is -0.143. The lowest BCUT2D eigenvalue weighted by Crippen LogP contribution is -2.41. The molecule has 1 aromatic carbocycles. The molecule has 2 heterocycles. The molecule has 0 aliphatic carbocycles. The van der Waals surface area contributed by atoms with Crippen LogP contribution in [0.2, 0.25) is 0 Å². The summed E-state index contributed by atoms with van der Waals surface area (Å²) >= 11 is 0. The molecule has 1 aromatic heterocycles. The molecule has 0 saturated carbocycles. The first-order valence-electron chi connectivity index (χ1n) is 9.71. The van der Waals surface area contributed by atoms with E-state index in [0.717, 1.165) is 6.26 Å². The zero-order chi connectivity index (χ0) is 21.7. The fraction of sp³-hybridized carbons (Fsp3) is 0.450. The number of nitrogens with zero attached hydrogens (tertiary/aromatic N) is 3.